The lowest BCUT2D eigenvalue weighted by atomic mass is 10.1. The van der Waals surface area contributed by atoms with Crippen LogP contribution in [0.4, 0.5) is 17.6 Å². The lowest BCUT2D eigenvalue weighted by Crippen LogP contribution is -2.40. The van der Waals surface area contributed by atoms with Crippen LogP contribution < -0.4 is 5.32 Å². The van der Waals surface area contributed by atoms with Crippen molar-refractivity contribution in [2.45, 2.75) is 18.6 Å². The number of amides is 2. The molecule has 120 valence electrons. The third-order valence-corrected chi connectivity index (χ3v) is 3.42. The van der Waals surface area contributed by atoms with Crippen molar-refractivity contribution in [3.05, 3.63) is 34.6 Å². The normalized spacial score (nSPS) is 18.7. The van der Waals surface area contributed by atoms with E-state index in [1.54, 1.807) is 0 Å². The highest BCUT2D eigenvalue weighted by Gasteiger charge is 2.39. The molecule has 0 aromatic heterocycles. The van der Waals surface area contributed by atoms with Crippen LogP contribution in [0, 0.1) is 5.82 Å². The fourth-order valence-electron chi connectivity index (χ4n) is 2.21. The molecule has 1 fully saturated rings. The van der Waals surface area contributed by atoms with E-state index < -0.39 is 42.0 Å². The van der Waals surface area contributed by atoms with Gasteiger partial charge in [0.1, 0.15) is 12.4 Å². The monoisotopic (exact) mass is 338 g/mol. The van der Waals surface area contributed by atoms with Crippen molar-refractivity contribution in [2.75, 3.05) is 13.1 Å². The van der Waals surface area contributed by atoms with Gasteiger partial charge in [-0.1, -0.05) is 17.7 Å². The highest BCUT2D eigenvalue weighted by molar-refractivity contribution is 6.33. The van der Waals surface area contributed by atoms with Gasteiger partial charge in [-0.2, -0.15) is 13.2 Å². The Morgan fingerprint density at radius 2 is 2.09 bits per heavy atom. The Balaban J connectivity index is 2.03. The van der Waals surface area contributed by atoms with Crippen molar-refractivity contribution >= 4 is 23.4 Å². The minimum absolute atomic E-state index is 0.117. The molecule has 0 bridgehead atoms. The van der Waals surface area contributed by atoms with Gasteiger partial charge in [0.25, 0.3) is 5.91 Å². The zero-order valence-electron chi connectivity index (χ0n) is 11.1. The molecule has 0 spiro atoms. The molecule has 2 rings (SSSR count). The van der Waals surface area contributed by atoms with Crippen LogP contribution in [0.1, 0.15) is 16.8 Å². The minimum atomic E-state index is -4.51. The summed E-state index contributed by atoms with van der Waals surface area (Å²) in [5.41, 5.74) is -0.397. The number of likely N-dealkylation sites (tertiary alicyclic amines) is 1. The zero-order chi connectivity index (χ0) is 16.5. The third kappa shape index (κ3) is 3.88. The van der Waals surface area contributed by atoms with Crippen LogP contribution in [0.15, 0.2) is 18.2 Å². The quantitative estimate of drug-likeness (QED) is 0.860. The van der Waals surface area contributed by atoms with E-state index in [1.807, 2.05) is 0 Å². The van der Waals surface area contributed by atoms with E-state index in [2.05, 4.69) is 5.32 Å². The van der Waals surface area contributed by atoms with Crippen LogP contribution in [-0.4, -0.2) is 42.0 Å². The number of nitrogens with zero attached hydrogens (tertiary/aromatic N) is 1. The summed E-state index contributed by atoms with van der Waals surface area (Å²) in [5.74, 6) is -2.43. The Hall–Kier alpha value is -1.83. The summed E-state index contributed by atoms with van der Waals surface area (Å²) >= 11 is 5.73. The van der Waals surface area contributed by atoms with Gasteiger partial charge in [-0.25, -0.2) is 4.39 Å². The lowest BCUT2D eigenvalue weighted by molar-refractivity contribution is -0.157. The number of rotatable bonds is 3. The molecule has 0 saturated carbocycles. The maximum absolute atomic E-state index is 13.6. The van der Waals surface area contributed by atoms with Crippen LogP contribution in [0.2, 0.25) is 5.02 Å². The van der Waals surface area contributed by atoms with Crippen molar-refractivity contribution in [2.24, 2.45) is 0 Å². The lowest BCUT2D eigenvalue weighted by Gasteiger charge is -2.18. The van der Waals surface area contributed by atoms with Crippen LogP contribution in [-0.2, 0) is 4.79 Å². The second-order valence-electron chi connectivity index (χ2n) is 4.86. The summed E-state index contributed by atoms with van der Waals surface area (Å²) in [6, 6.07) is 2.85. The Bertz CT molecular complexity index is 586. The molecule has 1 saturated heterocycles. The van der Waals surface area contributed by atoms with Gasteiger partial charge in [0.2, 0.25) is 5.91 Å². The smallest absolute Gasteiger partial charge is 0.347 e. The Morgan fingerprint density at radius 1 is 1.41 bits per heavy atom. The SMILES string of the molecule is O=C(NC1CC(=O)N(CC(F)(F)F)C1)c1c(F)cccc1Cl. The first-order valence-electron chi connectivity index (χ1n) is 6.27. The van der Waals surface area contributed by atoms with Crippen LogP contribution in [0.5, 0.6) is 0 Å². The summed E-state index contributed by atoms with van der Waals surface area (Å²) in [7, 11) is 0. The molecule has 1 aromatic rings. The Morgan fingerprint density at radius 3 is 2.68 bits per heavy atom. The third-order valence-electron chi connectivity index (χ3n) is 3.11. The van der Waals surface area contributed by atoms with Gasteiger partial charge in [-0.05, 0) is 12.1 Å². The van der Waals surface area contributed by atoms with E-state index in [9.17, 15) is 27.2 Å². The zero-order valence-corrected chi connectivity index (χ0v) is 11.8. The standard InChI is InChI=1S/C13H11ClF4N2O2/c14-8-2-1-3-9(15)11(8)12(22)19-7-4-10(21)20(5-7)6-13(16,17)18/h1-3,7H,4-6H2,(H,19,22). The molecule has 1 heterocycles. The maximum Gasteiger partial charge on any atom is 0.406 e. The van der Waals surface area contributed by atoms with Gasteiger partial charge in [-0.15, -0.1) is 0 Å². The number of hydrogen-bond acceptors (Lipinski definition) is 2. The van der Waals surface area contributed by atoms with Gasteiger partial charge >= 0.3 is 6.18 Å². The molecule has 1 aliphatic rings. The van der Waals surface area contributed by atoms with E-state index in [0.717, 1.165) is 6.07 Å². The minimum Gasteiger partial charge on any atom is -0.347 e. The number of benzene rings is 1. The molecule has 0 aliphatic carbocycles. The summed E-state index contributed by atoms with van der Waals surface area (Å²) in [5, 5.41) is 2.21. The van der Waals surface area contributed by atoms with E-state index >= 15 is 0 Å². The largest absolute Gasteiger partial charge is 0.406 e. The molecule has 2 amide bonds. The highest BCUT2D eigenvalue weighted by Crippen LogP contribution is 2.22. The molecule has 1 aliphatic heterocycles. The number of carbonyl (C=O) groups is 2. The summed E-state index contributed by atoms with van der Waals surface area (Å²) in [4.78, 5) is 24.0. The maximum atomic E-state index is 13.6. The average Bonchev–Trinajstić information content (AvgIpc) is 2.66. The molecule has 4 nitrogen and oxygen atoms in total. The van der Waals surface area contributed by atoms with Gasteiger partial charge in [-0.3, -0.25) is 9.59 Å². The molecule has 9 heteroatoms. The van der Waals surface area contributed by atoms with Gasteiger partial charge < -0.3 is 10.2 Å². The van der Waals surface area contributed by atoms with Gasteiger partial charge in [0.05, 0.1) is 16.6 Å². The van der Waals surface area contributed by atoms with Gasteiger partial charge in [0, 0.05) is 13.0 Å². The first kappa shape index (κ1) is 16.5. The van der Waals surface area contributed by atoms with Crippen molar-refractivity contribution in [3.63, 3.8) is 0 Å². The van der Waals surface area contributed by atoms with Crippen molar-refractivity contribution < 1.29 is 27.2 Å². The van der Waals surface area contributed by atoms with Crippen molar-refractivity contribution in [3.8, 4) is 0 Å². The molecular weight excluding hydrogens is 328 g/mol. The molecule has 1 unspecified atom stereocenters. The predicted octanol–water partition coefficient (Wildman–Crippen LogP) is 2.37. The van der Waals surface area contributed by atoms with E-state index in [4.69, 9.17) is 11.6 Å². The summed E-state index contributed by atoms with van der Waals surface area (Å²) in [6.45, 7) is -1.66. The first-order chi connectivity index (χ1) is 10.2. The summed E-state index contributed by atoms with van der Waals surface area (Å²) < 4.78 is 50.5. The molecule has 22 heavy (non-hydrogen) atoms. The number of halogens is 5. The van der Waals surface area contributed by atoms with Crippen molar-refractivity contribution in [1.29, 1.82) is 0 Å². The van der Waals surface area contributed by atoms with E-state index in [-0.39, 0.29) is 18.0 Å². The van der Waals surface area contributed by atoms with Crippen LogP contribution >= 0.6 is 11.6 Å². The molecule has 1 atom stereocenters. The summed E-state index contributed by atoms with van der Waals surface area (Å²) in [6.07, 6.45) is -4.78. The van der Waals surface area contributed by atoms with Gasteiger partial charge in [0.15, 0.2) is 0 Å². The second-order valence-corrected chi connectivity index (χ2v) is 5.27. The fraction of sp³-hybridized carbons (Fsp3) is 0.385. The van der Waals surface area contributed by atoms with E-state index in [1.165, 1.54) is 12.1 Å². The van der Waals surface area contributed by atoms with E-state index in [0.29, 0.717) is 4.90 Å². The highest BCUT2D eigenvalue weighted by atomic mass is 35.5. The van der Waals surface area contributed by atoms with Crippen LogP contribution in [0.3, 0.4) is 0 Å². The average molecular weight is 339 g/mol. The number of carbonyl (C=O) groups excluding carboxylic acids is 2. The second kappa shape index (κ2) is 6.12. The molecule has 1 N–H and O–H groups in total. The first-order valence-corrected chi connectivity index (χ1v) is 6.64. The number of nitrogens with one attached hydrogen (secondary N) is 1. The van der Waals surface area contributed by atoms with Crippen LogP contribution in [0.25, 0.3) is 0 Å². The molecular formula is C13H11ClF4N2O2. The molecule has 0 radical (unpaired) electrons. The molecule has 1 aromatic carbocycles. The number of hydrogen-bond donors (Lipinski definition) is 1. The van der Waals surface area contributed by atoms with Crippen molar-refractivity contribution in [1.82, 2.24) is 10.2 Å². The Labute approximate surface area is 128 Å². The predicted molar refractivity (Wildman–Crippen MR) is 69.9 cm³/mol. The Kier molecular flexibility index (Phi) is 4.60. The topological polar surface area (TPSA) is 49.4 Å². The fourth-order valence-corrected chi connectivity index (χ4v) is 2.46. The number of alkyl halides is 3.